The van der Waals surface area contributed by atoms with Crippen molar-refractivity contribution in [3.05, 3.63) is 15.6 Å². The molecular formula is C13H20N2S. The summed E-state index contributed by atoms with van der Waals surface area (Å²) in [5.74, 6) is 0. The van der Waals surface area contributed by atoms with Crippen LogP contribution < -0.4 is 5.73 Å². The van der Waals surface area contributed by atoms with Gasteiger partial charge in [0.25, 0.3) is 0 Å². The Kier molecular flexibility index (Phi) is 2.76. The molecule has 0 spiro atoms. The van der Waals surface area contributed by atoms with Crippen LogP contribution in [0, 0.1) is 0 Å². The van der Waals surface area contributed by atoms with Crippen molar-refractivity contribution in [2.75, 3.05) is 0 Å². The van der Waals surface area contributed by atoms with Crippen LogP contribution in [0.5, 0.6) is 0 Å². The molecule has 0 aliphatic heterocycles. The second-order valence-electron chi connectivity index (χ2n) is 5.31. The van der Waals surface area contributed by atoms with Crippen LogP contribution in [0.3, 0.4) is 0 Å². The number of aryl methyl sites for hydroxylation is 2. The average molecular weight is 236 g/mol. The van der Waals surface area contributed by atoms with E-state index >= 15 is 0 Å². The lowest BCUT2D eigenvalue weighted by Gasteiger charge is -2.35. The molecule has 0 bridgehead atoms. The van der Waals surface area contributed by atoms with Crippen molar-refractivity contribution in [1.29, 1.82) is 0 Å². The molecule has 88 valence electrons. The summed E-state index contributed by atoms with van der Waals surface area (Å²) < 4.78 is 0. The van der Waals surface area contributed by atoms with Gasteiger partial charge in [-0.15, -0.1) is 11.3 Å². The summed E-state index contributed by atoms with van der Waals surface area (Å²) in [5, 5.41) is 1.23. The lowest BCUT2D eigenvalue weighted by molar-refractivity contribution is 0.252. The van der Waals surface area contributed by atoms with Crippen molar-refractivity contribution in [2.24, 2.45) is 5.73 Å². The molecule has 2 N–H and O–H groups in total. The zero-order valence-electron chi connectivity index (χ0n) is 9.80. The van der Waals surface area contributed by atoms with Crippen molar-refractivity contribution in [3.63, 3.8) is 0 Å². The second kappa shape index (κ2) is 4.11. The van der Waals surface area contributed by atoms with Crippen LogP contribution in [0.15, 0.2) is 0 Å². The lowest BCUT2D eigenvalue weighted by atomic mass is 9.78. The van der Waals surface area contributed by atoms with Crippen LogP contribution in [0.4, 0.5) is 0 Å². The van der Waals surface area contributed by atoms with Gasteiger partial charge < -0.3 is 5.73 Å². The number of hydrogen-bond acceptors (Lipinski definition) is 3. The summed E-state index contributed by atoms with van der Waals surface area (Å²) in [6.45, 7) is 0. The molecule has 2 nitrogen and oxygen atoms in total. The number of nitrogens with zero attached hydrogens (tertiary/aromatic N) is 1. The van der Waals surface area contributed by atoms with Crippen LogP contribution >= 0.6 is 11.3 Å². The Bertz CT molecular complexity index is 354. The number of nitrogens with two attached hydrogens (primary N) is 1. The van der Waals surface area contributed by atoms with Gasteiger partial charge in [-0.1, -0.05) is 12.8 Å². The molecule has 0 amide bonds. The molecule has 1 heterocycles. The van der Waals surface area contributed by atoms with E-state index in [1.807, 2.05) is 11.3 Å². The first-order valence-electron chi connectivity index (χ1n) is 6.56. The maximum Gasteiger partial charge on any atom is 0.113 e. The Hall–Kier alpha value is -0.410. The van der Waals surface area contributed by atoms with Gasteiger partial charge in [-0.3, -0.25) is 0 Å². The van der Waals surface area contributed by atoms with Crippen molar-refractivity contribution < 1.29 is 0 Å². The van der Waals surface area contributed by atoms with E-state index in [2.05, 4.69) is 0 Å². The Morgan fingerprint density at radius 3 is 2.44 bits per heavy atom. The summed E-state index contributed by atoms with van der Waals surface area (Å²) >= 11 is 1.90. The molecular weight excluding hydrogens is 216 g/mol. The quantitative estimate of drug-likeness (QED) is 0.813. The lowest BCUT2D eigenvalue weighted by Crippen LogP contribution is -2.43. The minimum Gasteiger partial charge on any atom is -0.319 e. The van der Waals surface area contributed by atoms with Gasteiger partial charge in [0, 0.05) is 4.88 Å². The van der Waals surface area contributed by atoms with Crippen molar-refractivity contribution in [2.45, 2.75) is 63.3 Å². The van der Waals surface area contributed by atoms with Gasteiger partial charge in [0.2, 0.25) is 0 Å². The average Bonchev–Trinajstić information content (AvgIpc) is 2.58. The van der Waals surface area contributed by atoms with Gasteiger partial charge in [-0.25, -0.2) is 4.98 Å². The molecule has 3 rings (SSSR count). The van der Waals surface area contributed by atoms with E-state index in [0.717, 1.165) is 12.8 Å². The molecule has 0 radical (unpaired) electrons. The molecule has 0 unspecified atom stereocenters. The number of hydrogen-bond donors (Lipinski definition) is 1. The van der Waals surface area contributed by atoms with E-state index < -0.39 is 0 Å². The predicted octanol–water partition coefficient (Wildman–Crippen LogP) is 3.14. The van der Waals surface area contributed by atoms with E-state index in [-0.39, 0.29) is 5.54 Å². The predicted molar refractivity (Wildman–Crippen MR) is 67.7 cm³/mol. The van der Waals surface area contributed by atoms with E-state index in [1.54, 1.807) is 0 Å². The first kappa shape index (κ1) is 10.7. The highest BCUT2D eigenvalue weighted by molar-refractivity contribution is 7.11. The summed E-state index contributed by atoms with van der Waals surface area (Å²) in [7, 11) is 0. The van der Waals surface area contributed by atoms with Crippen molar-refractivity contribution in [3.8, 4) is 0 Å². The van der Waals surface area contributed by atoms with Crippen LogP contribution in [0.25, 0.3) is 0 Å². The van der Waals surface area contributed by atoms with Crippen molar-refractivity contribution >= 4 is 11.3 Å². The third-order valence-corrected chi connectivity index (χ3v) is 5.39. The smallest absolute Gasteiger partial charge is 0.113 e. The van der Waals surface area contributed by atoms with E-state index in [1.165, 1.54) is 60.5 Å². The summed E-state index contributed by atoms with van der Waals surface area (Å²) in [6.07, 6.45) is 11.4. The molecule has 0 atom stereocenters. The summed E-state index contributed by atoms with van der Waals surface area (Å²) in [6, 6.07) is 0. The first-order valence-corrected chi connectivity index (χ1v) is 7.37. The highest BCUT2D eigenvalue weighted by Crippen LogP contribution is 2.41. The van der Waals surface area contributed by atoms with Crippen LogP contribution in [-0.4, -0.2) is 4.98 Å². The van der Waals surface area contributed by atoms with Gasteiger partial charge in [0.15, 0.2) is 0 Å². The molecule has 1 saturated carbocycles. The highest BCUT2D eigenvalue weighted by Gasteiger charge is 2.37. The number of rotatable bonds is 1. The van der Waals surface area contributed by atoms with Gasteiger partial charge in [0.05, 0.1) is 11.2 Å². The van der Waals surface area contributed by atoms with Crippen LogP contribution in [0.1, 0.15) is 60.5 Å². The maximum absolute atomic E-state index is 6.36. The monoisotopic (exact) mass is 236 g/mol. The summed E-state index contributed by atoms with van der Waals surface area (Å²) in [4.78, 5) is 6.37. The molecule has 1 aromatic rings. The van der Waals surface area contributed by atoms with Crippen molar-refractivity contribution in [1.82, 2.24) is 4.98 Å². The summed E-state index contributed by atoms with van der Waals surface area (Å²) in [5.41, 5.74) is 7.68. The van der Waals surface area contributed by atoms with E-state index in [4.69, 9.17) is 10.7 Å². The van der Waals surface area contributed by atoms with Crippen LogP contribution in [-0.2, 0) is 18.4 Å². The number of fused-ring (bicyclic) bond motifs is 1. The zero-order chi connectivity index (χ0) is 11.0. The Labute approximate surface area is 101 Å². The molecule has 0 aromatic carbocycles. The Morgan fingerprint density at radius 1 is 1.00 bits per heavy atom. The molecule has 2 aliphatic rings. The Balaban J connectivity index is 1.88. The molecule has 3 heteroatoms. The standard InChI is InChI=1S/C13H20N2S/c14-13(8-5-9-13)12-15-10-6-3-1-2-4-7-11(10)16-12/h1-9,14H2. The molecule has 0 saturated heterocycles. The van der Waals surface area contributed by atoms with Crippen LogP contribution in [0.2, 0.25) is 0 Å². The van der Waals surface area contributed by atoms with E-state index in [9.17, 15) is 0 Å². The molecule has 1 aromatic heterocycles. The minimum absolute atomic E-state index is 0.0499. The fraction of sp³-hybridized carbons (Fsp3) is 0.769. The largest absolute Gasteiger partial charge is 0.319 e. The third-order valence-electron chi connectivity index (χ3n) is 4.02. The van der Waals surface area contributed by atoms with E-state index in [0.29, 0.717) is 0 Å². The SMILES string of the molecule is NC1(c2nc3c(s2)CCCCCC3)CCC1. The fourth-order valence-electron chi connectivity index (χ4n) is 2.69. The first-order chi connectivity index (χ1) is 7.78. The van der Waals surface area contributed by atoms with Gasteiger partial charge in [0.1, 0.15) is 5.01 Å². The third kappa shape index (κ3) is 1.80. The normalized spacial score (nSPS) is 24.1. The van der Waals surface area contributed by atoms with Gasteiger partial charge in [-0.2, -0.15) is 0 Å². The van der Waals surface area contributed by atoms with Gasteiger partial charge >= 0.3 is 0 Å². The molecule has 2 aliphatic carbocycles. The Morgan fingerprint density at radius 2 is 1.75 bits per heavy atom. The minimum atomic E-state index is -0.0499. The number of thiazole rings is 1. The maximum atomic E-state index is 6.36. The second-order valence-corrected chi connectivity index (χ2v) is 6.40. The zero-order valence-corrected chi connectivity index (χ0v) is 10.6. The highest BCUT2D eigenvalue weighted by atomic mass is 32.1. The topological polar surface area (TPSA) is 38.9 Å². The number of aromatic nitrogens is 1. The molecule has 16 heavy (non-hydrogen) atoms. The molecule has 1 fully saturated rings. The fourth-order valence-corrected chi connectivity index (χ4v) is 4.00. The van der Waals surface area contributed by atoms with Gasteiger partial charge in [-0.05, 0) is 44.9 Å².